The van der Waals surface area contributed by atoms with Crippen LogP contribution >= 0.6 is 0 Å². The van der Waals surface area contributed by atoms with Gasteiger partial charge in [-0.2, -0.15) is 0 Å². The molecule has 3 heterocycles. The maximum absolute atomic E-state index is 13.0. The zero-order chi connectivity index (χ0) is 22.1. The van der Waals surface area contributed by atoms with Crippen LogP contribution in [0.25, 0.3) is 11.3 Å². The van der Waals surface area contributed by atoms with Gasteiger partial charge in [-0.25, -0.2) is 4.79 Å². The number of aromatic nitrogens is 1. The van der Waals surface area contributed by atoms with Gasteiger partial charge in [0.1, 0.15) is 5.60 Å². The van der Waals surface area contributed by atoms with Crippen molar-refractivity contribution in [3.63, 3.8) is 0 Å². The van der Waals surface area contributed by atoms with Crippen LogP contribution in [-0.4, -0.2) is 59.9 Å². The number of ether oxygens (including phenoxy) is 1. The topological polar surface area (TPSA) is 62.7 Å². The lowest BCUT2D eigenvalue weighted by Crippen LogP contribution is -2.41. The van der Waals surface area contributed by atoms with Gasteiger partial charge in [0.05, 0.1) is 11.3 Å². The molecule has 1 saturated heterocycles. The smallest absolute Gasteiger partial charge is 0.339 e. The third-order valence-corrected chi connectivity index (χ3v) is 7.45. The van der Waals surface area contributed by atoms with Gasteiger partial charge in [-0.05, 0) is 69.8 Å². The van der Waals surface area contributed by atoms with Gasteiger partial charge < -0.3 is 14.5 Å². The van der Waals surface area contributed by atoms with Crippen LogP contribution in [0, 0.1) is 5.92 Å². The van der Waals surface area contributed by atoms with E-state index in [9.17, 15) is 9.59 Å². The Balaban J connectivity index is 1.25. The Morgan fingerprint density at radius 1 is 1.19 bits per heavy atom. The number of carbonyl (C=O) groups is 2. The molecule has 168 valence electrons. The summed E-state index contributed by atoms with van der Waals surface area (Å²) >= 11 is 0. The van der Waals surface area contributed by atoms with Gasteiger partial charge >= 0.3 is 5.97 Å². The third kappa shape index (κ3) is 3.92. The molecule has 6 nitrogen and oxygen atoms in total. The predicted molar refractivity (Wildman–Crippen MR) is 122 cm³/mol. The summed E-state index contributed by atoms with van der Waals surface area (Å²) in [6.45, 7) is 4.05. The number of nitrogens with zero attached hydrogens (tertiary/aromatic N) is 3. The normalized spacial score (nSPS) is 25.0. The molecular weight excluding hydrogens is 402 g/mol. The minimum Gasteiger partial charge on any atom is -0.451 e. The van der Waals surface area contributed by atoms with E-state index in [2.05, 4.69) is 9.88 Å². The second-order valence-corrected chi connectivity index (χ2v) is 9.44. The van der Waals surface area contributed by atoms with Crippen molar-refractivity contribution < 1.29 is 14.3 Å². The van der Waals surface area contributed by atoms with Crippen molar-refractivity contribution in [1.82, 2.24) is 14.8 Å². The number of pyridine rings is 1. The lowest BCUT2D eigenvalue weighted by Gasteiger charge is -2.37. The van der Waals surface area contributed by atoms with Gasteiger partial charge in [0, 0.05) is 43.4 Å². The maximum atomic E-state index is 13.0. The molecule has 1 saturated carbocycles. The Hall–Kier alpha value is -2.73. The summed E-state index contributed by atoms with van der Waals surface area (Å²) in [5.74, 6) is -0.0147. The fraction of sp³-hybridized carbons (Fsp3) is 0.500. The molecule has 5 rings (SSSR count). The number of likely N-dealkylation sites (tertiary alicyclic amines) is 1. The first kappa shape index (κ1) is 21.1. The first-order chi connectivity index (χ1) is 15.6. The highest BCUT2D eigenvalue weighted by molar-refractivity contribution is 5.96. The summed E-state index contributed by atoms with van der Waals surface area (Å²) in [5, 5.41) is 0. The monoisotopic (exact) mass is 433 g/mol. The lowest BCUT2D eigenvalue weighted by molar-refractivity contribution is -0.137. The molecule has 1 spiro atoms. The Kier molecular flexibility index (Phi) is 5.72. The van der Waals surface area contributed by atoms with E-state index >= 15 is 0 Å². The first-order valence-corrected chi connectivity index (χ1v) is 11.8. The van der Waals surface area contributed by atoms with E-state index in [0.717, 1.165) is 55.8 Å². The highest BCUT2D eigenvalue weighted by Crippen LogP contribution is 2.49. The number of benzene rings is 1. The molecule has 1 aromatic heterocycles. The fourth-order valence-electron chi connectivity index (χ4n) is 5.51. The summed E-state index contributed by atoms with van der Waals surface area (Å²) in [6.07, 6.45) is 7.19. The number of hydrogen-bond donors (Lipinski definition) is 0. The highest BCUT2D eigenvalue weighted by Gasteiger charge is 2.48. The summed E-state index contributed by atoms with van der Waals surface area (Å²) in [5.41, 5.74) is 2.79. The van der Waals surface area contributed by atoms with E-state index in [4.69, 9.17) is 4.74 Å². The Bertz CT molecular complexity index is 993. The molecule has 2 aromatic rings. The van der Waals surface area contributed by atoms with E-state index < -0.39 is 5.60 Å². The minimum atomic E-state index is -0.583. The molecule has 3 aliphatic rings. The fourth-order valence-corrected chi connectivity index (χ4v) is 5.51. The van der Waals surface area contributed by atoms with Gasteiger partial charge in [0.25, 0.3) is 0 Å². The van der Waals surface area contributed by atoms with Crippen LogP contribution in [0.1, 0.15) is 54.4 Å². The number of esters is 1. The zero-order valence-electron chi connectivity index (χ0n) is 18.8. The second-order valence-electron chi connectivity index (χ2n) is 9.44. The SMILES string of the molecule is CN(CCN1CCCC1)C(=O)C1CCC2(CC1)OC(=O)c1cc(-c3ccccn3)ccc12. The van der Waals surface area contributed by atoms with Crippen molar-refractivity contribution in [3.8, 4) is 11.3 Å². The quantitative estimate of drug-likeness (QED) is 0.670. The molecule has 32 heavy (non-hydrogen) atoms. The number of fused-ring (bicyclic) bond motifs is 2. The van der Waals surface area contributed by atoms with Crippen LogP contribution in [0.15, 0.2) is 42.6 Å². The molecule has 6 heteroatoms. The molecule has 2 fully saturated rings. The molecule has 1 aromatic carbocycles. The first-order valence-electron chi connectivity index (χ1n) is 11.8. The Labute approximate surface area is 189 Å². The van der Waals surface area contributed by atoms with Crippen molar-refractivity contribution in [2.75, 3.05) is 33.2 Å². The molecule has 0 unspecified atom stereocenters. The van der Waals surface area contributed by atoms with Gasteiger partial charge in [-0.1, -0.05) is 18.2 Å². The third-order valence-electron chi connectivity index (χ3n) is 7.45. The lowest BCUT2D eigenvalue weighted by atomic mass is 9.74. The van der Waals surface area contributed by atoms with E-state index in [0.29, 0.717) is 18.4 Å². The van der Waals surface area contributed by atoms with Crippen LogP contribution in [-0.2, 0) is 15.1 Å². The number of amides is 1. The number of carbonyl (C=O) groups excluding carboxylic acids is 2. The highest BCUT2D eigenvalue weighted by atomic mass is 16.6. The second kappa shape index (κ2) is 8.66. The number of rotatable bonds is 5. The van der Waals surface area contributed by atoms with E-state index in [1.54, 1.807) is 6.20 Å². The minimum absolute atomic E-state index is 0.0137. The zero-order valence-corrected chi connectivity index (χ0v) is 18.8. The van der Waals surface area contributed by atoms with Crippen molar-refractivity contribution in [2.45, 2.75) is 44.1 Å². The molecule has 0 bridgehead atoms. The van der Waals surface area contributed by atoms with Crippen LogP contribution < -0.4 is 0 Å². The average Bonchev–Trinajstić information content (AvgIpc) is 3.45. The predicted octanol–water partition coefficient (Wildman–Crippen LogP) is 3.86. The van der Waals surface area contributed by atoms with Crippen molar-refractivity contribution >= 4 is 11.9 Å². The molecule has 0 N–H and O–H groups in total. The average molecular weight is 434 g/mol. The summed E-state index contributed by atoms with van der Waals surface area (Å²) in [6, 6.07) is 11.7. The maximum Gasteiger partial charge on any atom is 0.339 e. The van der Waals surface area contributed by atoms with Gasteiger partial charge in [-0.15, -0.1) is 0 Å². The standard InChI is InChI=1S/C26H31N3O3/c1-28(16-17-29-14-4-5-15-29)24(30)19-9-11-26(12-10-19)22-8-7-20(18-21(22)25(31)32-26)23-6-2-3-13-27-23/h2-3,6-8,13,18-19H,4-5,9-12,14-17H2,1H3. The van der Waals surface area contributed by atoms with Gasteiger partial charge in [0.15, 0.2) is 0 Å². The summed E-state index contributed by atoms with van der Waals surface area (Å²) in [7, 11) is 1.92. The van der Waals surface area contributed by atoms with Crippen molar-refractivity contribution in [3.05, 3.63) is 53.7 Å². The molecule has 0 atom stereocenters. The van der Waals surface area contributed by atoms with Gasteiger partial charge in [-0.3, -0.25) is 9.78 Å². The van der Waals surface area contributed by atoms with E-state index in [-0.39, 0.29) is 17.8 Å². The van der Waals surface area contributed by atoms with Crippen molar-refractivity contribution in [2.24, 2.45) is 5.92 Å². The molecular formula is C26H31N3O3. The Morgan fingerprint density at radius 3 is 2.69 bits per heavy atom. The molecule has 0 radical (unpaired) electrons. The molecule has 1 amide bonds. The van der Waals surface area contributed by atoms with Crippen LogP contribution in [0.2, 0.25) is 0 Å². The van der Waals surface area contributed by atoms with E-state index in [1.807, 2.05) is 48.3 Å². The van der Waals surface area contributed by atoms with Crippen LogP contribution in [0.4, 0.5) is 0 Å². The molecule has 1 aliphatic carbocycles. The van der Waals surface area contributed by atoms with Crippen LogP contribution in [0.5, 0.6) is 0 Å². The largest absolute Gasteiger partial charge is 0.451 e. The van der Waals surface area contributed by atoms with E-state index in [1.165, 1.54) is 12.8 Å². The summed E-state index contributed by atoms with van der Waals surface area (Å²) in [4.78, 5) is 34.5. The van der Waals surface area contributed by atoms with Gasteiger partial charge in [0.2, 0.25) is 5.91 Å². The van der Waals surface area contributed by atoms with Crippen molar-refractivity contribution in [1.29, 1.82) is 0 Å². The number of likely N-dealkylation sites (N-methyl/N-ethyl adjacent to an activating group) is 1. The molecule has 2 aliphatic heterocycles. The summed E-state index contributed by atoms with van der Waals surface area (Å²) < 4.78 is 5.96. The Morgan fingerprint density at radius 2 is 1.97 bits per heavy atom. The van der Waals surface area contributed by atoms with Crippen LogP contribution in [0.3, 0.4) is 0 Å². The number of hydrogen-bond acceptors (Lipinski definition) is 5.